The van der Waals surface area contributed by atoms with Crippen molar-refractivity contribution in [3.8, 4) is 50.7 Å². The molecule has 0 N–H and O–H groups in total. The van der Waals surface area contributed by atoms with Crippen molar-refractivity contribution in [2.45, 2.75) is 28.0 Å². The van der Waals surface area contributed by atoms with Gasteiger partial charge in [0.25, 0.3) is 0 Å². The van der Waals surface area contributed by atoms with Crippen molar-refractivity contribution in [1.82, 2.24) is 14.5 Å². The highest BCUT2D eigenvalue weighted by Crippen LogP contribution is 2.62. The molecule has 0 fully saturated rings. The molecule has 1 spiro atoms. The van der Waals surface area contributed by atoms with Gasteiger partial charge < -0.3 is 4.57 Å². The van der Waals surface area contributed by atoms with Gasteiger partial charge in [-0.15, -0.1) is 0 Å². The molecule has 10 aromatic rings. The normalized spacial score (nSPS) is 14.1. The van der Waals surface area contributed by atoms with Crippen LogP contribution in [-0.2, 0) is 11.8 Å². The standard InChI is InChI=1S/C57H37N3S/c1-3-17-36(18-4-1)49-34-50(37-19-5-2-6-20-37)59-56(58-49)43-31-32-52(41-24-8-7-21-38(41)43)60-51-29-15-11-25-42(51)44-33-48-55(35-53(44)60)61-54-30-16-14-28-47(54)57(48)45-26-12-9-22-39(45)40-23-10-13-27-46(40)57/h1-10,12-24,26-35H,11,25H2. The van der Waals surface area contributed by atoms with Gasteiger partial charge in [-0.1, -0.05) is 169 Å². The van der Waals surface area contributed by atoms with E-state index in [0.717, 1.165) is 52.0 Å². The van der Waals surface area contributed by atoms with Crippen molar-refractivity contribution in [2.75, 3.05) is 0 Å². The number of fused-ring (bicyclic) bond motifs is 13. The van der Waals surface area contributed by atoms with E-state index in [0.29, 0.717) is 5.82 Å². The minimum atomic E-state index is -0.417. The Labute approximate surface area is 358 Å². The van der Waals surface area contributed by atoms with Crippen LogP contribution in [0.4, 0.5) is 0 Å². The molecule has 0 amide bonds. The van der Waals surface area contributed by atoms with Gasteiger partial charge in [-0.2, -0.15) is 0 Å². The van der Waals surface area contributed by atoms with Crippen LogP contribution in [0.3, 0.4) is 0 Å². The van der Waals surface area contributed by atoms with Crippen LogP contribution in [0.25, 0.3) is 78.5 Å². The van der Waals surface area contributed by atoms with E-state index >= 15 is 0 Å². The van der Waals surface area contributed by atoms with Gasteiger partial charge in [0.1, 0.15) is 0 Å². The fourth-order valence-electron chi connectivity index (χ4n) is 10.6. The van der Waals surface area contributed by atoms with Gasteiger partial charge in [-0.25, -0.2) is 9.97 Å². The zero-order chi connectivity index (χ0) is 40.1. The Morgan fingerprint density at radius 2 is 1.08 bits per heavy atom. The Morgan fingerprint density at radius 1 is 0.475 bits per heavy atom. The lowest BCUT2D eigenvalue weighted by atomic mass is 9.67. The van der Waals surface area contributed by atoms with E-state index in [-0.39, 0.29) is 0 Å². The maximum atomic E-state index is 5.26. The molecule has 3 heterocycles. The zero-order valence-electron chi connectivity index (χ0n) is 33.2. The highest BCUT2D eigenvalue weighted by Gasteiger charge is 2.50. The molecule has 0 saturated heterocycles. The maximum absolute atomic E-state index is 5.26. The third-order valence-electron chi connectivity index (χ3n) is 13.2. The fourth-order valence-corrected chi connectivity index (χ4v) is 11.8. The average Bonchev–Trinajstić information content (AvgIpc) is 3.81. The first-order chi connectivity index (χ1) is 30.3. The smallest absolute Gasteiger partial charge is 0.161 e. The molecule has 8 aromatic carbocycles. The predicted octanol–water partition coefficient (Wildman–Crippen LogP) is 14.4. The molecule has 4 heteroatoms. The van der Waals surface area contributed by atoms with Gasteiger partial charge >= 0.3 is 0 Å². The number of allylic oxidation sites excluding steroid dienone is 1. The number of aryl methyl sites for hydroxylation is 1. The van der Waals surface area contributed by atoms with Crippen LogP contribution in [0.5, 0.6) is 0 Å². The summed E-state index contributed by atoms with van der Waals surface area (Å²) >= 11 is 1.91. The lowest BCUT2D eigenvalue weighted by Crippen LogP contribution is -2.32. The molecule has 1 aliphatic heterocycles. The van der Waals surface area contributed by atoms with E-state index in [4.69, 9.17) is 9.97 Å². The van der Waals surface area contributed by atoms with Crippen LogP contribution >= 0.6 is 11.8 Å². The van der Waals surface area contributed by atoms with Crippen LogP contribution in [-0.4, -0.2) is 14.5 Å². The monoisotopic (exact) mass is 795 g/mol. The van der Waals surface area contributed by atoms with Crippen molar-refractivity contribution in [3.05, 3.63) is 228 Å². The van der Waals surface area contributed by atoms with E-state index < -0.39 is 5.41 Å². The van der Waals surface area contributed by atoms with E-state index in [1.807, 2.05) is 23.9 Å². The summed E-state index contributed by atoms with van der Waals surface area (Å²) in [5.74, 6) is 0.716. The number of rotatable bonds is 4. The van der Waals surface area contributed by atoms with Gasteiger partial charge in [-0.3, -0.25) is 0 Å². The number of nitrogens with zero attached hydrogens (tertiary/aromatic N) is 3. The van der Waals surface area contributed by atoms with Gasteiger partial charge in [-0.05, 0) is 99.6 Å². The second-order valence-electron chi connectivity index (χ2n) is 16.3. The second kappa shape index (κ2) is 13.4. The lowest BCUT2D eigenvalue weighted by Gasteiger charge is -2.39. The first kappa shape index (κ1) is 34.6. The van der Waals surface area contributed by atoms with E-state index in [2.05, 4.69) is 193 Å². The van der Waals surface area contributed by atoms with Crippen LogP contribution in [0.1, 0.15) is 39.9 Å². The summed E-state index contributed by atoms with van der Waals surface area (Å²) in [5.41, 5.74) is 17.8. The summed E-state index contributed by atoms with van der Waals surface area (Å²) in [7, 11) is 0. The minimum absolute atomic E-state index is 0.417. The molecule has 0 unspecified atom stereocenters. The molecule has 0 atom stereocenters. The molecule has 0 bridgehead atoms. The molecule has 3 aliphatic rings. The van der Waals surface area contributed by atoms with Gasteiger partial charge in [0, 0.05) is 42.9 Å². The van der Waals surface area contributed by atoms with Gasteiger partial charge in [0.15, 0.2) is 5.82 Å². The number of aromatic nitrogens is 3. The largest absolute Gasteiger partial charge is 0.309 e. The van der Waals surface area contributed by atoms with Gasteiger partial charge in [0.2, 0.25) is 0 Å². The van der Waals surface area contributed by atoms with Crippen molar-refractivity contribution < 1.29 is 0 Å². The van der Waals surface area contributed by atoms with Crippen molar-refractivity contribution in [1.29, 1.82) is 0 Å². The van der Waals surface area contributed by atoms with Crippen LogP contribution in [0.15, 0.2) is 204 Å². The summed E-state index contributed by atoms with van der Waals surface area (Å²) < 4.78 is 2.54. The second-order valence-corrected chi connectivity index (χ2v) is 17.4. The molecule has 3 nitrogen and oxygen atoms in total. The highest BCUT2D eigenvalue weighted by molar-refractivity contribution is 7.99. The van der Waals surface area contributed by atoms with Crippen LogP contribution < -0.4 is 0 Å². The SMILES string of the molecule is C1=Cc2c(c3cc4c(cc3n2-c2ccc(-c3nc(-c5ccccc5)cc(-c5ccccc5)n3)c3ccccc23)Sc2ccccc2C42c3ccccc3-c3ccccc32)CC1. The molecule has 0 radical (unpaired) electrons. The number of benzene rings is 8. The lowest BCUT2D eigenvalue weighted by molar-refractivity contribution is 0.724. The first-order valence-corrected chi connectivity index (χ1v) is 21.9. The molecule has 2 aliphatic carbocycles. The average molecular weight is 796 g/mol. The molecule has 286 valence electrons. The Hall–Kier alpha value is -7.27. The summed E-state index contributed by atoms with van der Waals surface area (Å²) in [4.78, 5) is 13.1. The van der Waals surface area contributed by atoms with Crippen molar-refractivity contribution >= 4 is 39.5 Å². The molecule has 0 saturated carbocycles. The molecule has 2 aromatic heterocycles. The van der Waals surface area contributed by atoms with E-state index in [1.54, 1.807) is 0 Å². The first-order valence-electron chi connectivity index (χ1n) is 21.1. The van der Waals surface area contributed by atoms with Crippen LogP contribution in [0.2, 0.25) is 0 Å². The van der Waals surface area contributed by atoms with E-state index in [1.165, 1.54) is 70.7 Å². The quantitative estimate of drug-likeness (QED) is 0.178. The van der Waals surface area contributed by atoms with E-state index in [9.17, 15) is 0 Å². The van der Waals surface area contributed by atoms with Crippen LogP contribution in [0, 0.1) is 0 Å². The summed E-state index contributed by atoms with van der Waals surface area (Å²) in [6, 6.07) is 68.7. The van der Waals surface area contributed by atoms with Gasteiger partial charge in [0.05, 0.1) is 28.0 Å². The summed E-state index contributed by atoms with van der Waals surface area (Å²) in [6.07, 6.45) is 6.72. The molecule has 61 heavy (non-hydrogen) atoms. The zero-order valence-corrected chi connectivity index (χ0v) is 34.0. The summed E-state index contributed by atoms with van der Waals surface area (Å²) in [5, 5.41) is 3.62. The topological polar surface area (TPSA) is 30.7 Å². The highest BCUT2D eigenvalue weighted by atomic mass is 32.2. The van der Waals surface area contributed by atoms with Crippen molar-refractivity contribution in [3.63, 3.8) is 0 Å². The Morgan fingerprint density at radius 3 is 1.79 bits per heavy atom. The Kier molecular flexibility index (Phi) is 7.58. The van der Waals surface area contributed by atoms with Crippen molar-refractivity contribution in [2.24, 2.45) is 0 Å². The third kappa shape index (κ3) is 5.00. The maximum Gasteiger partial charge on any atom is 0.161 e. The fraction of sp³-hybridized carbons (Fsp3) is 0.0526. The molecular weight excluding hydrogens is 759 g/mol. The molecule has 13 rings (SSSR count). The molecular formula is C57H37N3S. The predicted molar refractivity (Wildman–Crippen MR) is 251 cm³/mol. The summed E-state index contributed by atoms with van der Waals surface area (Å²) in [6.45, 7) is 0. The minimum Gasteiger partial charge on any atom is -0.309 e. The third-order valence-corrected chi connectivity index (χ3v) is 14.3. The number of hydrogen-bond acceptors (Lipinski definition) is 3. The Bertz CT molecular complexity index is 3350. The number of hydrogen-bond donors (Lipinski definition) is 0. The Balaban J connectivity index is 1.06.